The van der Waals surface area contributed by atoms with Crippen LogP contribution in [0.5, 0.6) is 0 Å². The van der Waals surface area contributed by atoms with Crippen LogP contribution in [0.25, 0.3) is 0 Å². The number of hydrogen-bond donors (Lipinski definition) is 0. The second-order valence-electron chi connectivity index (χ2n) is 6.54. The predicted molar refractivity (Wildman–Crippen MR) is 92.7 cm³/mol. The number of hydrogen-bond acceptors (Lipinski definition) is 0. The molecule has 0 aliphatic heterocycles. The van der Waals surface area contributed by atoms with Crippen molar-refractivity contribution < 1.29 is 16.4 Å². The predicted octanol–water partition coefficient (Wildman–Crippen LogP) is 7.69. The Hall–Kier alpha value is 0.154. The van der Waals surface area contributed by atoms with Gasteiger partial charge < -0.3 is 0 Å². The zero-order valence-corrected chi connectivity index (χ0v) is 16.4. The minimum Gasteiger partial charge on any atom is -0.270 e. The fourth-order valence-electron chi connectivity index (χ4n) is 2.64. The average molecular weight is 359 g/mol. The van der Waals surface area contributed by atoms with Crippen LogP contribution < -0.4 is 0 Å². The first-order valence-electron chi connectivity index (χ1n) is 9.08. The molecule has 0 rings (SSSR count). The van der Waals surface area contributed by atoms with Crippen LogP contribution >= 0.6 is 0 Å². The zero-order valence-electron chi connectivity index (χ0n) is 14.4. The highest BCUT2D eigenvalue weighted by molar-refractivity contribution is 6.66. The van der Waals surface area contributed by atoms with Gasteiger partial charge in [-0.3, -0.25) is 16.4 Å². The summed E-state index contributed by atoms with van der Waals surface area (Å²) in [4.78, 5) is 0. The van der Waals surface area contributed by atoms with Gasteiger partial charge in [0, 0.05) is 0 Å². The van der Waals surface area contributed by atoms with E-state index in [0.717, 1.165) is 38.5 Å². The molecule has 0 atom stereocenters. The first-order valence-corrected chi connectivity index (χ1v) is 13.4. The van der Waals surface area contributed by atoms with Crippen molar-refractivity contribution in [2.24, 2.45) is 0 Å². The van der Waals surface area contributed by atoms with Gasteiger partial charge in [0.05, 0.1) is 0 Å². The monoisotopic (exact) mass is 358 g/mol. The summed E-state index contributed by atoms with van der Waals surface area (Å²) in [6.07, 6.45) is 7.68. The van der Waals surface area contributed by atoms with Crippen LogP contribution in [0.15, 0.2) is 0 Å². The lowest BCUT2D eigenvalue weighted by molar-refractivity contribution is 0.540. The lowest BCUT2D eigenvalue weighted by Gasteiger charge is -2.15. The van der Waals surface area contributed by atoms with Crippen LogP contribution in [-0.4, -0.2) is 17.5 Å². The van der Waals surface area contributed by atoms with E-state index in [-0.39, 0.29) is 24.2 Å². The van der Waals surface area contributed by atoms with Crippen molar-refractivity contribution in [2.45, 2.75) is 102 Å². The Balaban J connectivity index is 3.70. The Bertz CT molecular complexity index is 235. The summed E-state index contributed by atoms with van der Waals surface area (Å²) in [6, 6.07) is -0.0610. The number of rotatable bonds is 15. The Labute approximate surface area is 136 Å². The molecule has 0 N–H and O–H groups in total. The van der Waals surface area contributed by atoms with Crippen LogP contribution in [0.3, 0.4) is 0 Å². The summed E-state index contributed by atoms with van der Waals surface area (Å²) in [5.41, 5.74) is 0. The van der Waals surface area contributed by atoms with Crippen molar-refractivity contribution in [3.63, 3.8) is 0 Å². The molecule has 0 saturated heterocycles. The van der Waals surface area contributed by atoms with E-state index in [4.69, 9.17) is 0 Å². The van der Waals surface area contributed by atoms with E-state index in [1.54, 1.807) is 0 Å². The fraction of sp³-hybridized carbons (Fsp3) is 1.00. The van der Waals surface area contributed by atoms with Gasteiger partial charge >= 0.3 is 17.5 Å². The molecule has 0 aliphatic rings. The molecule has 0 aromatic heterocycles. The molecule has 6 heteroatoms. The Kier molecular flexibility index (Phi) is 12.6. The van der Waals surface area contributed by atoms with Crippen molar-refractivity contribution >= 4 is 17.5 Å². The van der Waals surface area contributed by atoms with Crippen molar-refractivity contribution in [2.75, 3.05) is 0 Å². The zero-order chi connectivity index (χ0) is 16.9. The van der Waals surface area contributed by atoms with E-state index in [9.17, 15) is 16.4 Å². The molecule has 0 heterocycles. The topological polar surface area (TPSA) is 0 Å². The molecule has 0 aliphatic carbocycles. The van der Waals surface area contributed by atoms with Gasteiger partial charge in [-0.1, -0.05) is 78.1 Å². The quantitative estimate of drug-likeness (QED) is 0.122. The molecular weight excluding hydrogens is 324 g/mol. The molecule has 0 aromatic rings. The van der Waals surface area contributed by atoms with E-state index in [0.29, 0.717) is 25.7 Å². The minimum absolute atomic E-state index is 0.0534. The summed E-state index contributed by atoms with van der Waals surface area (Å²) in [6.45, 7) is 4.11. The highest BCUT2D eigenvalue weighted by atomic mass is 28.4. The second-order valence-corrected chi connectivity index (χ2v) is 12.0. The molecule has 0 bridgehead atoms. The smallest absolute Gasteiger partial charge is 0.270 e. The summed E-state index contributed by atoms with van der Waals surface area (Å²) < 4.78 is 54.9. The van der Waals surface area contributed by atoms with E-state index in [1.165, 1.54) is 0 Å². The Morgan fingerprint density at radius 1 is 0.455 bits per heavy atom. The Morgan fingerprint density at radius 2 is 0.727 bits per heavy atom. The largest absolute Gasteiger partial charge is 0.425 e. The van der Waals surface area contributed by atoms with Crippen molar-refractivity contribution in [1.82, 2.24) is 0 Å². The van der Waals surface area contributed by atoms with Crippen molar-refractivity contribution in [3.05, 3.63) is 0 Å². The highest BCUT2D eigenvalue weighted by Crippen LogP contribution is 2.29. The number of halogens is 4. The second kappa shape index (κ2) is 12.6. The normalized spacial score (nSPS) is 12.8. The summed E-state index contributed by atoms with van der Waals surface area (Å²) in [5, 5.41) is 0. The van der Waals surface area contributed by atoms with Gasteiger partial charge in [-0.05, 0) is 24.2 Å². The maximum atomic E-state index is 13.7. The highest BCUT2D eigenvalue weighted by Gasteiger charge is 2.36. The molecule has 0 radical (unpaired) electrons. The van der Waals surface area contributed by atoms with Crippen LogP contribution in [0, 0.1) is 0 Å². The van der Waals surface area contributed by atoms with Crippen LogP contribution in [0.1, 0.15) is 78.1 Å². The molecule has 134 valence electrons. The van der Waals surface area contributed by atoms with Gasteiger partial charge in [0.15, 0.2) is 0 Å². The van der Waals surface area contributed by atoms with E-state index in [1.807, 2.05) is 0 Å². The van der Waals surface area contributed by atoms with Gasteiger partial charge in [0.2, 0.25) is 0 Å². The summed E-state index contributed by atoms with van der Waals surface area (Å²) in [5.74, 6) is 0. The number of unbranched alkanes of at least 4 members (excludes halogenated alkanes) is 7. The van der Waals surface area contributed by atoms with Crippen molar-refractivity contribution in [3.8, 4) is 0 Å². The Morgan fingerprint density at radius 3 is 1.00 bits per heavy atom. The summed E-state index contributed by atoms with van der Waals surface area (Å²) in [7, 11) is -8.23. The molecule has 0 fully saturated rings. The van der Waals surface area contributed by atoms with E-state index in [2.05, 4.69) is 13.8 Å². The third-order valence-electron chi connectivity index (χ3n) is 4.13. The average Bonchev–Trinajstić information content (AvgIpc) is 2.45. The molecule has 0 nitrogen and oxygen atoms in total. The van der Waals surface area contributed by atoms with Crippen LogP contribution in [-0.2, 0) is 0 Å². The first-order chi connectivity index (χ1) is 10.3. The van der Waals surface area contributed by atoms with E-state index < -0.39 is 17.5 Å². The van der Waals surface area contributed by atoms with Crippen molar-refractivity contribution in [1.29, 1.82) is 0 Å². The molecule has 0 aromatic carbocycles. The lowest BCUT2D eigenvalue weighted by Crippen LogP contribution is -2.24. The van der Waals surface area contributed by atoms with Gasteiger partial charge in [-0.25, -0.2) is 0 Å². The lowest BCUT2D eigenvalue weighted by atomic mass is 10.2. The molecule has 0 saturated carbocycles. The maximum absolute atomic E-state index is 13.7. The third-order valence-corrected chi connectivity index (χ3v) is 8.47. The molecule has 0 amide bonds. The minimum atomic E-state index is -4.12. The van der Waals surface area contributed by atoms with Crippen LogP contribution in [0.4, 0.5) is 16.4 Å². The van der Waals surface area contributed by atoms with Gasteiger partial charge in [0.1, 0.15) is 0 Å². The van der Waals surface area contributed by atoms with Gasteiger partial charge in [-0.15, -0.1) is 0 Å². The first kappa shape index (κ1) is 22.2. The maximum Gasteiger partial charge on any atom is 0.425 e. The van der Waals surface area contributed by atoms with Gasteiger partial charge in [0.25, 0.3) is 0 Å². The standard InChI is InChI=1S/C16H34F4Si2/c1-3-5-7-9-13-21(17,18)15-11-12-16-22(19,20)14-10-8-6-4-2/h3-16H2,1-2H3. The molecule has 22 heavy (non-hydrogen) atoms. The van der Waals surface area contributed by atoms with Gasteiger partial charge in [-0.2, -0.15) is 0 Å². The SMILES string of the molecule is CCCCCC[Si](F)(F)CCCC[Si](F)(F)CCCCCC. The fourth-order valence-corrected chi connectivity index (χ4v) is 6.21. The molecule has 0 unspecified atom stereocenters. The van der Waals surface area contributed by atoms with Crippen LogP contribution in [0.2, 0.25) is 24.2 Å². The summed E-state index contributed by atoms with van der Waals surface area (Å²) >= 11 is 0. The molecular formula is C16H34F4Si2. The molecule has 0 spiro atoms. The van der Waals surface area contributed by atoms with E-state index >= 15 is 0 Å². The third kappa shape index (κ3) is 13.8.